The van der Waals surface area contributed by atoms with Gasteiger partial charge in [-0.05, 0) is 93.0 Å². The fourth-order valence-electron chi connectivity index (χ4n) is 10.2. The van der Waals surface area contributed by atoms with Crippen LogP contribution in [-0.4, -0.2) is 52.1 Å². The van der Waals surface area contributed by atoms with E-state index < -0.39 is 5.82 Å². The molecule has 2 saturated carbocycles. The van der Waals surface area contributed by atoms with E-state index in [1.807, 2.05) is 25.1 Å². The van der Waals surface area contributed by atoms with Crippen LogP contribution in [-0.2, 0) is 11.2 Å². The van der Waals surface area contributed by atoms with Gasteiger partial charge < -0.3 is 19.7 Å². The Kier molecular flexibility index (Phi) is 7.81. The maximum atomic E-state index is 17.3. The van der Waals surface area contributed by atoms with E-state index in [0.29, 0.717) is 51.7 Å². The Morgan fingerprint density at radius 2 is 1.85 bits per heavy atom. The van der Waals surface area contributed by atoms with Crippen LogP contribution in [0.3, 0.4) is 0 Å². The fourth-order valence-corrected chi connectivity index (χ4v) is 10.6. The van der Waals surface area contributed by atoms with E-state index in [0.717, 1.165) is 61.1 Å². The summed E-state index contributed by atoms with van der Waals surface area (Å²) >= 11 is 13.1. The Bertz CT molecular complexity index is 2370. The molecule has 1 amide bonds. The van der Waals surface area contributed by atoms with Gasteiger partial charge >= 0.3 is 0 Å². The van der Waals surface area contributed by atoms with Crippen LogP contribution >= 0.6 is 23.2 Å². The Balaban J connectivity index is 1.21. The summed E-state index contributed by atoms with van der Waals surface area (Å²) < 4.78 is 33.7. The SMILES string of the molecule is Cc1nc2c(F)c(-c3cccc(Cl)c3Cl)c(CCC#N)cc2c2c1cc(C1C3CC(CN(c4ccc(F)cc4)C3)N1C(=O)C1CC1)n2C1C2CNC1C2. The maximum Gasteiger partial charge on any atom is 0.226 e. The van der Waals surface area contributed by atoms with Crippen LogP contribution < -0.4 is 10.2 Å². The molecule has 2 aliphatic carbocycles. The zero-order chi connectivity index (χ0) is 36.3. The van der Waals surface area contributed by atoms with E-state index in [1.165, 1.54) is 12.1 Å². The van der Waals surface area contributed by atoms with Crippen molar-refractivity contribution in [3.05, 3.63) is 93.2 Å². The number of piperidine rings is 1. The van der Waals surface area contributed by atoms with Crippen molar-refractivity contribution < 1.29 is 13.6 Å². The molecule has 6 heterocycles. The lowest BCUT2D eigenvalue weighted by Crippen LogP contribution is -2.45. The monoisotopic (exact) mass is 750 g/mol. The molecule has 5 aromatic rings. The van der Waals surface area contributed by atoms with Gasteiger partial charge in [-0.2, -0.15) is 5.26 Å². The minimum absolute atomic E-state index is 0.0237. The summed E-state index contributed by atoms with van der Waals surface area (Å²) in [5.74, 6) is 0.0851. The lowest BCUT2D eigenvalue weighted by atomic mass is 9.79. The third-order valence-electron chi connectivity index (χ3n) is 12.7. The molecule has 11 heteroatoms. The first-order chi connectivity index (χ1) is 25.7. The highest BCUT2D eigenvalue weighted by molar-refractivity contribution is 6.43. The standard InChI is InChI=1S/C42H38Cl2F2N6O/c1-21-30-17-34(40-25-14-28(51(40)42(53)22-7-8-22)20-50(19-25)27-11-9-26(45)10-12-27)52(39-24-16-33(39)48-18-24)41(30)31-15-23(4-3-13-47)35(37(46)38(31)49-21)29-5-2-6-32(43)36(29)44/h2,5-6,9-12,15,17,22,24-25,28,33,39-40,48H,3-4,7-8,14,16,18-20H2,1H3. The molecule has 6 unspecified atom stereocenters. The Morgan fingerprint density at radius 3 is 2.57 bits per heavy atom. The number of carbonyl (C=O) groups is 1. The number of hydrogen-bond donors (Lipinski definition) is 1. The van der Waals surface area contributed by atoms with Crippen LogP contribution in [0.25, 0.3) is 32.9 Å². The highest BCUT2D eigenvalue weighted by atomic mass is 35.5. The number of rotatable bonds is 7. The predicted molar refractivity (Wildman–Crippen MR) is 203 cm³/mol. The van der Waals surface area contributed by atoms with E-state index in [9.17, 15) is 14.4 Å². The van der Waals surface area contributed by atoms with Crippen LogP contribution in [0.2, 0.25) is 10.0 Å². The number of anilines is 1. The average Bonchev–Trinajstić information content (AvgIpc) is 3.43. The first-order valence-electron chi connectivity index (χ1n) is 18.8. The number of amides is 1. The van der Waals surface area contributed by atoms with Crippen molar-refractivity contribution in [1.29, 1.82) is 5.26 Å². The Morgan fingerprint density at radius 1 is 1.04 bits per heavy atom. The molecule has 6 fully saturated rings. The molecule has 4 saturated heterocycles. The van der Waals surface area contributed by atoms with Crippen LogP contribution in [0.5, 0.6) is 0 Å². The minimum Gasteiger partial charge on any atom is -0.369 e. The molecule has 1 N–H and O–H groups in total. The number of nitrogens with zero attached hydrogens (tertiary/aromatic N) is 5. The van der Waals surface area contributed by atoms with Crippen molar-refractivity contribution >= 4 is 56.6 Å². The largest absolute Gasteiger partial charge is 0.369 e. The number of halogens is 4. The van der Waals surface area contributed by atoms with Gasteiger partial charge in [0, 0.05) is 82.9 Å². The number of pyridine rings is 1. The van der Waals surface area contributed by atoms with Crippen LogP contribution in [0, 0.1) is 47.6 Å². The first kappa shape index (κ1) is 33.3. The van der Waals surface area contributed by atoms with Crippen LogP contribution in [0.15, 0.2) is 54.6 Å². The van der Waals surface area contributed by atoms with Crippen LogP contribution in [0.1, 0.15) is 61.1 Å². The molecule has 3 aromatic carbocycles. The van der Waals surface area contributed by atoms with Crippen molar-refractivity contribution in [1.82, 2.24) is 19.8 Å². The van der Waals surface area contributed by atoms with Crippen molar-refractivity contribution in [2.24, 2.45) is 17.8 Å². The van der Waals surface area contributed by atoms with E-state index in [2.05, 4.69) is 31.8 Å². The maximum absolute atomic E-state index is 17.3. The quantitative estimate of drug-likeness (QED) is 0.180. The van der Waals surface area contributed by atoms with Gasteiger partial charge in [0.05, 0.1) is 39.8 Å². The first-order valence-corrected chi connectivity index (χ1v) is 19.5. The van der Waals surface area contributed by atoms with Crippen LogP contribution in [0.4, 0.5) is 14.5 Å². The van der Waals surface area contributed by atoms with Gasteiger partial charge in [-0.3, -0.25) is 4.79 Å². The lowest BCUT2D eigenvalue weighted by molar-refractivity contribution is -0.135. The molecule has 7 nitrogen and oxygen atoms in total. The van der Waals surface area contributed by atoms with Crippen molar-refractivity contribution in [3.63, 3.8) is 0 Å². The van der Waals surface area contributed by atoms with E-state index in [1.54, 1.807) is 18.2 Å². The van der Waals surface area contributed by atoms with Gasteiger partial charge in [0.2, 0.25) is 5.91 Å². The van der Waals surface area contributed by atoms with Gasteiger partial charge in [-0.1, -0.05) is 35.3 Å². The Hall–Kier alpha value is -4.23. The summed E-state index contributed by atoms with van der Waals surface area (Å²) in [6.07, 6.45) is 4.33. The second-order valence-corrected chi connectivity index (χ2v) is 16.6. The molecule has 270 valence electrons. The molecular formula is C42H38Cl2F2N6O. The number of hydrogen-bond acceptors (Lipinski definition) is 5. The average molecular weight is 752 g/mol. The van der Waals surface area contributed by atoms with Crippen molar-refractivity contribution in [2.75, 3.05) is 24.5 Å². The number of nitriles is 1. The molecule has 4 aliphatic heterocycles. The third kappa shape index (κ3) is 5.12. The molecule has 53 heavy (non-hydrogen) atoms. The van der Waals surface area contributed by atoms with Gasteiger partial charge in [0.1, 0.15) is 11.3 Å². The zero-order valence-electron chi connectivity index (χ0n) is 29.3. The number of aromatic nitrogens is 2. The van der Waals surface area contributed by atoms with Crippen molar-refractivity contribution in [2.45, 2.75) is 69.6 Å². The number of likely N-dealkylation sites (tertiary alicyclic amines) is 1. The summed E-state index contributed by atoms with van der Waals surface area (Å²) in [5, 5.41) is 15.6. The molecular weight excluding hydrogens is 713 g/mol. The summed E-state index contributed by atoms with van der Waals surface area (Å²) in [6.45, 7) is 4.29. The van der Waals surface area contributed by atoms with Gasteiger partial charge in [0.15, 0.2) is 5.82 Å². The van der Waals surface area contributed by atoms with Gasteiger partial charge in [-0.15, -0.1) is 0 Å². The normalized spacial score (nSPS) is 26.0. The highest BCUT2D eigenvalue weighted by Gasteiger charge is 2.55. The highest BCUT2D eigenvalue weighted by Crippen LogP contribution is 2.54. The van der Waals surface area contributed by atoms with Crippen molar-refractivity contribution in [3.8, 4) is 17.2 Å². The number of nitrogens with one attached hydrogen (secondary N) is 1. The molecule has 0 radical (unpaired) electrons. The summed E-state index contributed by atoms with van der Waals surface area (Å²) in [5.41, 5.74) is 5.42. The zero-order valence-corrected chi connectivity index (χ0v) is 30.8. The fraction of sp³-hybridized carbons (Fsp3) is 0.405. The summed E-state index contributed by atoms with van der Waals surface area (Å²) in [6, 6.07) is 18.6. The van der Waals surface area contributed by atoms with E-state index in [-0.39, 0.29) is 64.7 Å². The summed E-state index contributed by atoms with van der Waals surface area (Å²) in [4.78, 5) is 23.8. The number of fused-ring (bicyclic) bond motifs is 6. The second kappa shape index (κ2) is 12.4. The second-order valence-electron chi connectivity index (χ2n) is 15.8. The third-order valence-corrected chi connectivity index (χ3v) is 13.5. The number of aryl methyl sites for hydroxylation is 2. The molecule has 11 rings (SSSR count). The van der Waals surface area contributed by atoms with E-state index in [4.69, 9.17) is 28.2 Å². The molecule has 2 aromatic heterocycles. The predicted octanol–water partition coefficient (Wildman–Crippen LogP) is 8.93. The smallest absolute Gasteiger partial charge is 0.226 e. The Labute approximate surface area is 316 Å². The lowest BCUT2D eigenvalue weighted by Gasteiger charge is -2.40. The number of benzene rings is 3. The van der Waals surface area contributed by atoms with E-state index >= 15 is 4.39 Å². The van der Waals surface area contributed by atoms with Gasteiger partial charge in [0.25, 0.3) is 0 Å². The molecule has 4 bridgehead atoms. The number of carbonyl (C=O) groups excluding carboxylic acids is 1. The topological polar surface area (TPSA) is 77.2 Å². The molecule has 0 spiro atoms. The summed E-state index contributed by atoms with van der Waals surface area (Å²) in [7, 11) is 0. The molecule has 6 aliphatic rings. The minimum atomic E-state index is -0.481. The van der Waals surface area contributed by atoms with Gasteiger partial charge in [-0.25, -0.2) is 13.8 Å². The molecule has 6 atom stereocenters.